The Kier molecular flexibility index (Phi) is 12.5. The summed E-state index contributed by atoms with van der Waals surface area (Å²) in [7, 11) is 0. The Bertz CT molecular complexity index is 838. The highest BCUT2D eigenvalue weighted by Crippen LogP contribution is 2.36. The summed E-state index contributed by atoms with van der Waals surface area (Å²) in [6.45, 7) is 3.84. The van der Waals surface area contributed by atoms with Crippen molar-refractivity contribution in [1.82, 2.24) is 10.6 Å². The van der Waals surface area contributed by atoms with Gasteiger partial charge in [0.25, 0.3) is 0 Å². The van der Waals surface area contributed by atoms with Crippen LogP contribution in [0.25, 0.3) is 0 Å². The Hall–Kier alpha value is -1.96. The molecule has 2 aliphatic rings. The molecule has 0 spiro atoms. The van der Waals surface area contributed by atoms with Crippen molar-refractivity contribution < 1.29 is 24.9 Å². The lowest BCUT2D eigenvalue weighted by Crippen LogP contribution is -2.52. The molecular formula is C31H50N2O5. The predicted octanol–water partition coefficient (Wildman–Crippen LogP) is 3.74. The Morgan fingerprint density at radius 1 is 0.921 bits per heavy atom. The molecule has 214 valence electrons. The third-order valence-corrected chi connectivity index (χ3v) is 8.19. The molecule has 5 N–H and O–H groups in total. The van der Waals surface area contributed by atoms with E-state index >= 15 is 0 Å². The summed E-state index contributed by atoms with van der Waals surface area (Å²) in [6.07, 6.45) is 8.23. The number of benzene rings is 1. The molecule has 2 amide bonds. The van der Waals surface area contributed by atoms with Gasteiger partial charge >= 0.3 is 0 Å². The topological polar surface area (TPSA) is 119 Å². The van der Waals surface area contributed by atoms with Crippen LogP contribution in [0.5, 0.6) is 0 Å². The fourth-order valence-electron chi connectivity index (χ4n) is 5.87. The summed E-state index contributed by atoms with van der Waals surface area (Å²) in [4.78, 5) is 26.6. The molecule has 2 aliphatic carbocycles. The summed E-state index contributed by atoms with van der Waals surface area (Å²) >= 11 is 0. The molecule has 1 aromatic carbocycles. The van der Waals surface area contributed by atoms with Crippen molar-refractivity contribution in [2.24, 2.45) is 23.7 Å². The van der Waals surface area contributed by atoms with Crippen molar-refractivity contribution >= 4 is 11.8 Å². The second-order valence-electron chi connectivity index (χ2n) is 12.3. The lowest BCUT2D eigenvalue weighted by molar-refractivity contribution is -0.133. The Labute approximate surface area is 228 Å². The molecule has 0 aromatic heterocycles. The number of aliphatic hydroxyl groups is 3. The van der Waals surface area contributed by atoms with Crippen molar-refractivity contribution in [3.8, 4) is 0 Å². The monoisotopic (exact) mass is 530 g/mol. The van der Waals surface area contributed by atoms with Gasteiger partial charge in [-0.05, 0) is 49.0 Å². The van der Waals surface area contributed by atoms with Crippen LogP contribution in [0, 0.1) is 23.7 Å². The highest BCUT2D eigenvalue weighted by atomic mass is 16.3. The number of hydrogen-bond donors (Lipinski definition) is 5. The lowest BCUT2D eigenvalue weighted by atomic mass is 9.82. The minimum atomic E-state index is -1.04. The number of hydrogen-bond acceptors (Lipinski definition) is 5. The van der Waals surface area contributed by atoms with Crippen LogP contribution in [0.3, 0.4) is 0 Å². The summed E-state index contributed by atoms with van der Waals surface area (Å²) < 4.78 is 0. The number of carbonyl (C=O) groups is 2. The van der Waals surface area contributed by atoms with Gasteiger partial charge in [-0.2, -0.15) is 0 Å². The van der Waals surface area contributed by atoms with Crippen molar-refractivity contribution in [2.75, 3.05) is 6.61 Å². The molecule has 7 heteroatoms. The van der Waals surface area contributed by atoms with E-state index in [1.165, 1.54) is 6.42 Å². The maximum absolute atomic E-state index is 13.6. The van der Waals surface area contributed by atoms with E-state index in [2.05, 4.69) is 10.6 Å². The highest BCUT2D eigenvalue weighted by molar-refractivity contribution is 5.86. The van der Waals surface area contributed by atoms with E-state index in [-0.39, 0.29) is 30.8 Å². The van der Waals surface area contributed by atoms with Gasteiger partial charge in [0, 0.05) is 12.3 Å². The fraction of sp³-hybridized carbons (Fsp3) is 0.742. The Morgan fingerprint density at radius 2 is 1.58 bits per heavy atom. The first-order valence-corrected chi connectivity index (χ1v) is 14.9. The molecule has 0 aliphatic heterocycles. The molecule has 0 radical (unpaired) electrons. The minimum absolute atomic E-state index is 0.0500. The van der Waals surface area contributed by atoms with E-state index < -0.39 is 30.2 Å². The molecule has 2 saturated carbocycles. The smallest absolute Gasteiger partial charge is 0.223 e. The van der Waals surface area contributed by atoms with Gasteiger partial charge in [0.2, 0.25) is 11.8 Å². The van der Waals surface area contributed by atoms with Crippen LogP contribution in [0.2, 0.25) is 0 Å². The number of rotatable bonds is 16. The van der Waals surface area contributed by atoms with Gasteiger partial charge in [-0.3, -0.25) is 9.59 Å². The van der Waals surface area contributed by atoms with E-state index in [4.69, 9.17) is 0 Å². The molecular weight excluding hydrogens is 480 g/mol. The molecule has 0 unspecified atom stereocenters. The molecule has 7 nitrogen and oxygen atoms in total. The van der Waals surface area contributed by atoms with Crippen LogP contribution in [-0.4, -0.2) is 58.0 Å². The first-order chi connectivity index (χ1) is 18.2. The highest BCUT2D eigenvalue weighted by Gasteiger charge is 2.35. The first kappa shape index (κ1) is 30.6. The Morgan fingerprint density at radius 3 is 2.18 bits per heavy atom. The number of amides is 2. The average Bonchev–Trinajstić information content (AvgIpc) is 3.72. The summed E-state index contributed by atoms with van der Waals surface area (Å²) in [5.41, 5.74) is 1.03. The van der Waals surface area contributed by atoms with Gasteiger partial charge in [-0.25, -0.2) is 0 Å². The summed E-state index contributed by atoms with van der Waals surface area (Å²) in [5, 5.41) is 37.6. The van der Waals surface area contributed by atoms with Gasteiger partial charge in [0.05, 0.1) is 24.8 Å². The van der Waals surface area contributed by atoms with Gasteiger partial charge in [-0.15, -0.1) is 0 Å². The van der Waals surface area contributed by atoms with E-state index in [0.717, 1.165) is 44.1 Å². The molecule has 2 fully saturated rings. The third-order valence-electron chi connectivity index (χ3n) is 8.19. The SMILES string of the molecule is CC(C)C[C@H](O)[C@H](O)[C@H](CC1CCCCC1)NC(=O)[C@@H](CC(=O)N[C@H](CO)Cc1ccccc1)CC1CC1. The molecule has 5 atom stereocenters. The molecule has 0 heterocycles. The fourth-order valence-corrected chi connectivity index (χ4v) is 5.87. The predicted molar refractivity (Wildman–Crippen MR) is 149 cm³/mol. The van der Waals surface area contributed by atoms with Gasteiger partial charge in [-0.1, -0.05) is 89.1 Å². The van der Waals surface area contributed by atoms with Gasteiger partial charge < -0.3 is 26.0 Å². The van der Waals surface area contributed by atoms with Crippen molar-refractivity contribution in [2.45, 2.75) is 115 Å². The van der Waals surface area contributed by atoms with Crippen molar-refractivity contribution in [3.05, 3.63) is 35.9 Å². The summed E-state index contributed by atoms with van der Waals surface area (Å²) in [5.74, 6) is 0.139. The Balaban J connectivity index is 1.64. The maximum Gasteiger partial charge on any atom is 0.223 e. The maximum atomic E-state index is 13.6. The van der Waals surface area contributed by atoms with Crippen LogP contribution in [0.1, 0.15) is 90.0 Å². The molecule has 0 saturated heterocycles. The third kappa shape index (κ3) is 10.7. The van der Waals surface area contributed by atoms with Gasteiger partial charge in [0.1, 0.15) is 6.10 Å². The number of aliphatic hydroxyl groups excluding tert-OH is 3. The standard InChI is InChI=1S/C31H50N2O5/c1-21(2)15-28(35)30(37)27(18-23-11-7-4-8-12-23)33-31(38)25(16-24-13-14-24)19-29(36)32-26(20-34)17-22-9-5-3-6-10-22/h3,5-6,9-10,21,23-28,30,34-35,37H,4,7-8,11-20H2,1-2H3,(H,32,36)(H,33,38)/t25-,26+,27+,28+,30-/m1/s1. The largest absolute Gasteiger partial charge is 0.394 e. The quantitative estimate of drug-likeness (QED) is 0.223. The second-order valence-corrected chi connectivity index (χ2v) is 12.3. The lowest BCUT2D eigenvalue weighted by Gasteiger charge is -2.33. The van der Waals surface area contributed by atoms with E-state index in [1.807, 2.05) is 44.2 Å². The minimum Gasteiger partial charge on any atom is -0.394 e. The molecule has 3 rings (SSSR count). The average molecular weight is 531 g/mol. The second kappa shape index (κ2) is 15.6. The molecule has 1 aromatic rings. The van der Waals surface area contributed by atoms with Crippen molar-refractivity contribution in [1.29, 1.82) is 0 Å². The van der Waals surface area contributed by atoms with Crippen LogP contribution in [-0.2, 0) is 16.0 Å². The molecule has 0 bridgehead atoms. The molecule has 38 heavy (non-hydrogen) atoms. The van der Waals surface area contributed by atoms with E-state index in [1.54, 1.807) is 0 Å². The zero-order valence-corrected chi connectivity index (χ0v) is 23.4. The normalized spacial score (nSPS) is 20.4. The van der Waals surface area contributed by atoms with E-state index in [0.29, 0.717) is 37.5 Å². The summed E-state index contributed by atoms with van der Waals surface area (Å²) in [6, 6.07) is 8.76. The zero-order chi connectivity index (χ0) is 27.5. The number of carbonyl (C=O) groups excluding carboxylic acids is 2. The van der Waals surface area contributed by atoms with E-state index in [9.17, 15) is 24.9 Å². The van der Waals surface area contributed by atoms with Gasteiger partial charge in [0.15, 0.2) is 0 Å². The van der Waals surface area contributed by atoms with Crippen LogP contribution >= 0.6 is 0 Å². The van der Waals surface area contributed by atoms with Crippen LogP contribution < -0.4 is 10.6 Å². The van der Waals surface area contributed by atoms with Crippen LogP contribution in [0.15, 0.2) is 30.3 Å². The first-order valence-electron chi connectivity index (χ1n) is 14.9. The number of nitrogens with one attached hydrogen (secondary N) is 2. The van der Waals surface area contributed by atoms with Crippen molar-refractivity contribution in [3.63, 3.8) is 0 Å². The van der Waals surface area contributed by atoms with Crippen LogP contribution in [0.4, 0.5) is 0 Å². The zero-order valence-electron chi connectivity index (χ0n) is 23.4.